The van der Waals surface area contributed by atoms with Gasteiger partial charge < -0.3 is 0 Å². The lowest BCUT2D eigenvalue weighted by Gasteiger charge is -2.12. The van der Waals surface area contributed by atoms with Crippen molar-refractivity contribution >= 4 is 49.2 Å². The van der Waals surface area contributed by atoms with Crippen molar-refractivity contribution in [2.24, 2.45) is 0 Å². The van der Waals surface area contributed by atoms with Crippen molar-refractivity contribution in [3.63, 3.8) is 0 Å². The Kier molecular flexibility index (Phi) is 4.42. The Hall–Kier alpha value is -0.0700. The first-order valence-electron chi connectivity index (χ1n) is 3.92. The summed E-state index contributed by atoms with van der Waals surface area (Å²) in [6.07, 6.45) is -4.58. The summed E-state index contributed by atoms with van der Waals surface area (Å²) in [5.74, 6) is -0.503. The molecular formula is C9H4Br2ClF3O. The molecule has 0 radical (unpaired) electrons. The van der Waals surface area contributed by atoms with Gasteiger partial charge in [-0.25, -0.2) is 0 Å². The quantitative estimate of drug-likeness (QED) is 0.537. The third-order valence-corrected chi connectivity index (χ3v) is 3.14. The minimum Gasteiger partial charge on any atom is -0.293 e. The first-order valence-corrected chi connectivity index (χ1v) is 6.22. The van der Waals surface area contributed by atoms with Gasteiger partial charge in [0.05, 0.1) is 15.9 Å². The first kappa shape index (κ1) is 14.0. The minimum absolute atomic E-state index is 0.0829. The van der Waals surface area contributed by atoms with E-state index in [9.17, 15) is 18.0 Å². The predicted octanol–water partition coefficient (Wildman–Crippen LogP) is 4.70. The average molecular weight is 380 g/mol. The zero-order valence-corrected chi connectivity index (χ0v) is 11.5. The van der Waals surface area contributed by atoms with Crippen LogP contribution in [-0.2, 0) is 6.18 Å². The van der Waals surface area contributed by atoms with Gasteiger partial charge in [0.1, 0.15) is 0 Å². The second-order valence-corrected chi connectivity index (χ2v) is 4.72. The molecule has 0 spiro atoms. The first-order chi connectivity index (χ1) is 7.27. The second kappa shape index (κ2) is 5.06. The molecule has 0 fully saturated rings. The minimum atomic E-state index is -4.58. The van der Waals surface area contributed by atoms with Gasteiger partial charge in [-0.15, -0.1) is 0 Å². The molecule has 0 saturated carbocycles. The lowest BCUT2D eigenvalue weighted by atomic mass is 10.1. The van der Waals surface area contributed by atoms with Crippen molar-refractivity contribution < 1.29 is 18.0 Å². The summed E-state index contributed by atoms with van der Waals surface area (Å²) in [6.45, 7) is 0. The van der Waals surface area contributed by atoms with Gasteiger partial charge in [0, 0.05) is 10.0 Å². The topological polar surface area (TPSA) is 17.1 Å². The average Bonchev–Trinajstić information content (AvgIpc) is 2.18. The molecule has 88 valence electrons. The Labute approximate surface area is 111 Å². The van der Waals surface area contributed by atoms with E-state index in [0.717, 1.165) is 6.07 Å². The highest BCUT2D eigenvalue weighted by atomic mass is 79.9. The molecular weight excluding hydrogens is 376 g/mol. The number of benzene rings is 1. The highest BCUT2D eigenvalue weighted by molar-refractivity contribution is 9.10. The number of carbonyl (C=O) groups excluding carboxylic acids is 1. The zero-order chi connectivity index (χ0) is 12.5. The number of carbonyl (C=O) groups is 1. The Morgan fingerprint density at radius 1 is 1.38 bits per heavy atom. The Morgan fingerprint density at radius 3 is 2.38 bits per heavy atom. The van der Waals surface area contributed by atoms with Gasteiger partial charge in [-0.3, -0.25) is 4.79 Å². The van der Waals surface area contributed by atoms with Gasteiger partial charge in [-0.1, -0.05) is 43.5 Å². The molecule has 0 aromatic heterocycles. The summed E-state index contributed by atoms with van der Waals surface area (Å²) in [7, 11) is 0. The maximum Gasteiger partial charge on any atom is 0.417 e. The largest absolute Gasteiger partial charge is 0.417 e. The number of ketones is 1. The van der Waals surface area contributed by atoms with Crippen molar-refractivity contribution in [1.29, 1.82) is 0 Å². The van der Waals surface area contributed by atoms with Crippen molar-refractivity contribution in [3.05, 3.63) is 32.8 Å². The zero-order valence-electron chi connectivity index (χ0n) is 7.54. The third kappa shape index (κ3) is 2.99. The van der Waals surface area contributed by atoms with Crippen LogP contribution >= 0.6 is 43.5 Å². The van der Waals surface area contributed by atoms with E-state index in [-0.39, 0.29) is 15.4 Å². The molecule has 0 bridgehead atoms. The number of hydrogen-bond donors (Lipinski definition) is 0. The van der Waals surface area contributed by atoms with E-state index >= 15 is 0 Å². The summed E-state index contributed by atoms with van der Waals surface area (Å²) in [5.41, 5.74) is -1.17. The molecule has 0 heterocycles. The normalized spacial score (nSPS) is 11.6. The lowest BCUT2D eigenvalue weighted by Crippen LogP contribution is -2.10. The molecule has 1 aromatic rings. The maximum atomic E-state index is 12.5. The lowest BCUT2D eigenvalue weighted by molar-refractivity contribution is -0.137. The van der Waals surface area contributed by atoms with Crippen LogP contribution in [0.1, 0.15) is 15.9 Å². The molecule has 0 unspecified atom stereocenters. The van der Waals surface area contributed by atoms with Gasteiger partial charge in [0.15, 0.2) is 5.78 Å². The summed E-state index contributed by atoms with van der Waals surface area (Å²) >= 11 is 11.3. The molecule has 0 N–H and O–H groups in total. The van der Waals surface area contributed by atoms with E-state index in [2.05, 4.69) is 31.9 Å². The van der Waals surface area contributed by atoms with E-state index in [1.165, 1.54) is 6.07 Å². The number of hydrogen-bond acceptors (Lipinski definition) is 1. The number of rotatable bonds is 2. The van der Waals surface area contributed by atoms with Crippen LogP contribution in [0.25, 0.3) is 0 Å². The molecule has 16 heavy (non-hydrogen) atoms. The Bertz CT molecular complexity index is 431. The summed E-state index contributed by atoms with van der Waals surface area (Å²) in [5, 5.41) is -0.652. The summed E-state index contributed by atoms with van der Waals surface area (Å²) in [4.78, 5) is 11.3. The van der Waals surface area contributed by atoms with Gasteiger partial charge >= 0.3 is 6.18 Å². The molecule has 0 aliphatic rings. The van der Waals surface area contributed by atoms with E-state index in [1.807, 2.05) is 0 Å². The molecule has 0 aliphatic heterocycles. The fourth-order valence-electron chi connectivity index (χ4n) is 1.07. The smallest absolute Gasteiger partial charge is 0.293 e. The molecule has 0 saturated heterocycles. The molecule has 1 rings (SSSR count). The van der Waals surface area contributed by atoms with Crippen LogP contribution in [0.15, 0.2) is 16.6 Å². The molecule has 0 atom stereocenters. The SMILES string of the molecule is O=C(CBr)c1cc(Br)cc(C(F)(F)F)c1Cl. The van der Waals surface area contributed by atoms with Crippen LogP contribution in [0, 0.1) is 0 Å². The second-order valence-electron chi connectivity index (χ2n) is 2.87. The number of alkyl halides is 4. The van der Waals surface area contributed by atoms with Gasteiger partial charge in [-0.2, -0.15) is 13.2 Å². The van der Waals surface area contributed by atoms with Crippen molar-refractivity contribution in [1.82, 2.24) is 0 Å². The van der Waals surface area contributed by atoms with Crippen LogP contribution in [0.2, 0.25) is 5.02 Å². The summed E-state index contributed by atoms with van der Waals surface area (Å²) < 4.78 is 37.8. The van der Waals surface area contributed by atoms with Crippen molar-refractivity contribution in [2.45, 2.75) is 6.18 Å². The Morgan fingerprint density at radius 2 is 1.94 bits per heavy atom. The predicted molar refractivity (Wildman–Crippen MR) is 62.3 cm³/mol. The van der Waals surface area contributed by atoms with Crippen LogP contribution in [0.4, 0.5) is 13.2 Å². The van der Waals surface area contributed by atoms with Crippen molar-refractivity contribution in [2.75, 3.05) is 5.33 Å². The van der Waals surface area contributed by atoms with Crippen LogP contribution < -0.4 is 0 Å². The van der Waals surface area contributed by atoms with E-state index in [4.69, 9.17) is 11.6 Å². The maximum absolute atomic E-state index is 12.5. The van der Waals surface area contributed by atoms with Crippen LogP contribution in [0.5, 0.6) is 0 Å². The van der Waals surface area contributed by atoms with E-state index in [1.54, 1.807) is 0 Å². The fraction of sp³-hybridized carbons (Fsp3) is 0.222. The number of Topliss-reactive ketones (excluding diaryl/α,β-unsaturated/α-hetero) is 1. The third-order valence-electron chi connectivity index (χ3n) is 1.76. The molecule has 7 heteroatoms. The fourth-order valence-corrected chi connectivity index (χ4v) is 2.15. The molecule has 1 nitrogen and oxygen atoms in total. The van der Waals surface area contributed by atoms with Gasteiger partial charge in [0.2, 0.25) is 0 Å². The molecule has 1 aromatic carbocycles. The Balaban J connectivity index is 3.44. The van der Waals surface area contributed by atoms with Crippen molar-refractivity contribution in [3.8, 4) is 0 Å². The van der Waals surface area contributed by atoms with E-state index < -0.39 is 22.5 Å². The standard InChI is InChI=1S/C9H4Br2ClF3O/c10-3-7(16)5-1-4(11)2-6(8(5)12)9(13,14)15/h1-2H,3H2. The highest BCUT2D eigenvalue weighted by Gasteiger charge is 2.35. The highest BCUT2D eigenvalue weighted by Crippen LogP contribution is 2.38. The van der Waals surface area contributed by atoms with Crippen LogP contribution in [-0.4, -0.2) is 11.1 Å². The number of halogens is 6. The molecule has 0 aliphatic carbocycles. The van der Waals surface area contributed by atoms with Gasteiger partial charge in [0.25, 0.3) is 0 Å². The summed E-state index contributed by atoms with van der Waals surface area (Å²) in [6, 6.07) is 2.11. The van der Waals surface area contributed by atoms with Gasteiger partial charge in [-0.05, 0) is 12.1 Å². The van der Waals surface area contributed by atoms with E-state index in [0.29, 0.717) is 0 Å². The molecule has 0 amide bonds. The van der Waals surface area contributed by atoms with Crippen LogP contribution in [0.3, 0.4) is 0 Å². The monoisotopic (exact) mass is 378 g/mol.